The van der Waals surface area contributed by atoms with Crippen LogP contribution in [0.4, 0.5) is 5.00 Å². The standard InChI is InChI=1S/C23H28N4O4S2/c1-3-12-27-20(16-10-8-13-31-16)25-26-23(27)32-14-18(28)24-21-19(22(29)30-2)15-9-6-4-5-7-11-17(15)33-21/h8,10,13H,3-7,9,11-12,14H2,1-2H3,(H,24,28). The first kappa shape index (κ1) is 23.6. The highest BCUT2D eigenvalue weighted by Crippen LogP contribution is 2.37. The van der Waals surface area contributed by atoms with Gasteiger partial charge < -0.3 is 14.5 Å². The molecule has 0 atom stereocenters. The van der Waals surface area contributed by atoms with Crippen LogP contribution in [0.1, 0.15) is 59.8 Å². The molecule has 0 saturated carbocycles. The van der Waals surface area contributed by atoms with E-state index in [1.807, 2.05) is 16.7 Å². The third kappa shape index (κ3) is 5.33. The molecule has 0 fully saturated rings. The topological polar surface area (TPSA) is 99.2 Å². The number of esters is 1. The number of carbonyl (C=O) groups is 2. The lowest BCUT2D eigenvalue weighted by Gasteiger charge is -2.11. The van der Waals surface area contributed by atoms with Gasteiger partial charge in [-0.2, -0.15) is 0 Å². The largest absolute Gasteiger partial charge is 0.465 e. The Morgan fingerprint density at radius 2 is 2.06 bits per heavy atom. The summed E-state index contributed by atoms with van der Waals surface area (Å²) in [6.07, 6.45) is 8.78. The lowest BCUT2D eigenvalue weighted by molar-refractivity contribution is -0.113. The van der Waals surface area contributed by atoms with Crippen molar-refractivity contribution in [2.24, 2.45) is 0 Å². The minimum absolute atomic E-state index is 0.156. The van der Waals surface area contributed by atoms with Crippen LogP contribution in [0, 0.1) is 0 Å². The van der Waals surface area contributed by atoms with Gasteiger partial charge in [0, 0.05) is 11.4 Å². The van der Waals surface area contributed by atoms with Crippen molar-refractivity contribution in [3.63, 3.8) is 0 Å². The zero-order chi connectivity index (χ0) is 23.2. The van der Waals surface area contributed by atoms with Crippen LogP contribution in [-0.4, -0.2) is 39.5 Å². The first-order chi connectivity index (χ1) is 16.1. The van der Waals surface area contributed by atoms with E-state index in [-0.39, 0.29) is 17.6 Å². The fourth-order valence-electron chi connectivity index (χ4n) is 4.03. The van der Waals surface area contributed by atoms with Gasteiger partial charge in [0.05, 0.1) is 24.7 Å². The molecule has 3 aromatic heterocycles. The number of anilines is 1. The van der Waals surface area contributed by atoms with Crippen LogP contribution < -0.4 is 5.32 Å². The van der Waals surface area contributed by atoms with Crippen LogP contribution in [0.25, 0.3) is 11.6 Å². The van der Waals surface area contributed by atoms with Gasteiger partial charge in [0.25, 0.3) is 0 Å². The molecule has 0 aliphatic heterocycles. The number of thioether (sulfide) groups is 1. The van der Waals surface area contributed by atoms with E-state index in [2.05, 4.69) is 22.4 Å². The number of nitrogens with zero attached hydrogens (tertiary/aromatic N) is 3. The van der Waals surface area contributed by atoms with Crippen LogP contribution in [0.5, 0.6) is 0 Å². The Labute approximate surface area is 201 Å². The van der Waals surface area contributed by atoms with E-state index in [1.165, 1.54) is 41.5 Å². The molecule has 0 aromatic carbocycles. The second-order valence-corrected chi connectivity index (χ2v) is 9.93. The van der Waals surface area contributed by atoms with Crippen molar-refractivity contribution >= 4 is 40.0 Å². The van der Waals surface area contributed by atoms with Crippen LogP contribution in [-0.2, 0) is 28.9 Å². The molecule has 0 saturated heterocycles. The van der Waals surface area contributed by atoms with Gasteiger partial charge >= 0.3 is 5.97 Å². The zero-order valence-electron chi connectivity index (χ0n) is 18.9. The summed E-state index contributed by atoms with van der Waals surface area (Å²) in [5.74, 6) is 0.872. The number of aromatic nitrogens is 3. The Kier molecular flexibility index (Phi) is 7.87. The van der Waals surface area contributed by atoms with Crippen molar-refractivity contribution in [2.75, 3.05) is 18.2 Å². The predicted octanol–water partition coefficient (Wildman–Crippen LogP) is 5.19. The molecule has 1 aliphatic rings. The molecule has 10 heteroatoms. The zero-order valence-corrected chi connectivity index (χ0v) is 20.5. The molecule has 0 unspecified atom stereocenters. The predicted molar refractivity (Wildman–Crippen MR) is 129 cm³/mol. The molecule has 0 radical (unpaired) electrons. The third-order valence-electron chi connectivity index (χ3n) is 5.55. The minimum Gasteiger partial charge on any atom is -0.465 e. The van der Waals surface area contributed by atoms with Crippen LogP contribution >= 0.6 is 23.1 Å². The molecule has 8 nitrogen and oxygen atoms in total. The molecule has 33 heavy (non-hydrogen) atoms. The van der Waals surface area contributed by atoms with E-state index < -0.39 is 0 Å². The molecule has 3 heterocycles. The van der Waals surface area contributed by atoms with Gasteiger partial charge in [0.15, 0.2) is 16.7 Å². The summed E-state index contributed by atoms with van der Waals surface area (Å²) in [4.78, 5) is 26.6. The first-order valence-corrected chi connectivity index (χ1v) is 13.0. The average Bonchev–Trinajstić information content (AvgIpc) is 3.52. The van der Waals surface area contributed by atoms with Gasteiger partial charge in [-0.1, -0.05) is 31.5 Å². The average molecular weight is 489 g/mol. The molecule has 3 aromatic rings. The lowest BCUT2D eigenvalue weighted by Crippen LogP contribution is -2.17. The van der Waals surface area contributed by atoms with E-state index in [0.717, 1.165) is 50.6 Å². The molecule has 1 N–H and O–H groups in total. The number of nitrogens with one attached hydrogen (secondary N) is 1. The minimum atomic E-state index is -0.387. The van der Waals surface area contributed by atoms with Gasteiger partial charge in [0.2, 0.25) is 5.91 Å². The Bertz CT molecular complexity index is 1100. The lowest BCUT2D eigenvalue weighted by atomic mass is 9.96. The maximum atomic E-state index is 12.8. The number of aryl methyl sites for hydroxylation is 1. The van der Waals surface area contributed by atoms with E-state index in [9.17, 15) is 9.59 Å². The fourth-order valence-corrected chi connectivity index (χ4v) is 6.09. The monoisotopic (exact) mass is 488 g/mol. The van der Waals surface area contributed by atoms with Gasteiger partial charge in [-0.15, -0.1) is 21.5 Å². The summed E-state index contributed by atoms with van der Waals surface area (Å²) in [5, 5.41) is 12.7. The second kappa shape index (κ2) is 11.0. The van der Waals surface area contributed by atoms with Crippen molar-refractivity contribution < 1.29 is 18.7 Å². The molecule has 0 bridgehead atoms. The van der Waals surface area contributed by atoms with Gasteiger partial charge in [-0.05, 0) is 49.8 Å². The number of fused-ring (bicyclic) bond motifs is 1. The molecule has 0 spiro atoms. The van der Waals surface area contributed by atoms with Crippen molar-refractivity contribution in [1.82, 2.24) is 14.8 Å². The highest BCUT2D eigenvalue weighted by atomic mass is 32.2. The van der Waals surface area contributed by atoms with E-state index in [0.29, 0.717) is 27.3 Å². The number of hydrogen-bond acceptors (Lipinski definition) is 8. The summed E-state index contributed by atoms with van der Waals surface area (Å²) in [6.45, 7) is 2.79. The first-order valence-electron chi connectivity index (χ1n) is 11.2. The number of ether oxygens (including phenoxy) is 1. The number of methoxy groups -OCH3 is 1. The summed E-state index contributed by atoms with van der Waals surface area (Å²) in [6, 6.07) is 3.65. The molecule has 4 rings (SSSR count). The van der Waals surface area contributed by atoms with Gasteiger partial charge in [-0.25, -0.2) is 4.79 Å². The number of hydrogen-bond donors (Lipinski definition) is 1. The Hall–Kier alpha value is -2.59. The molecule has 1 amide bonds. The van der Waals surface area contributed by atoms with E-state index in [1.54, 1.807) is 6.26 Å². The highest BCUT2D eigenvalue weighted by Gasteiger charge is 2.26. The normalized spacial score (nSPS) is 13.8. The Morgan fingerprint density at radius 1 is 1.24 bits per heavy atom. The number of thiophene rings is 1. The van der Waals surface area contributed by atoms with Crippen molar-refractivity contribution in [3.05, 3.63) is 34.4 Å². The second-order valence-electron chi connectivity index (χ2n) is 7.89. The number of amides is 1. The van der Waals surface area contributed by atoms with Crippen LogP contribution in [0.15, 0.2) is 28.0 Å². The number of carbonyl (C=O) groups excluding carboxylic acids is 2. The van der Waals surface area contributed by atoms with Gasteiger partial charge in [-0.3, -0.25) is 9.36 Å². The summed E-state index contributed by atoms with van der Waals surface area (Å²) < 4.78 is 12.5. The number of rotatable bonds is 8. The maximum Gasteiger partial charge on any atom is 0.341 e. The molecule has 1 aliphatic carbocycles. The van der Waals surface area contributed by atoms with Crippen molar-refractivity contribution in [2.45, 2.75) is 63.6 Å². The molecular formula is C23H28N4O4S2. The molecular weight excluding hydrogens is 460 g/mol. The third-order valence-corrected chi connectivity index (χ3v) is 7.73. The Balaban J connectivity index is 1.49. The van der Waals surface area contributed by atoms with E-state index in [4.69, 9.17) is 9.15 Å². The van der Waals surface area contributed by atoms with Crippen LogP contribution in [0.2, 0.25) is 0 Å². The van der Waals surface area contributed by atoms with Gasteiger partial charge in [0.1, 0.15) is 5.00 Å². The van der Waals surface area contributed by atoms with E-state index >= 15 is 0 Å². The number of furan rings is 1. The maximum absolute atomic E-state index is 12.8. The van der Waals surface area contributed by atoms with Crippen molar-refractivity contribution in [1.29, 1.82) is 0 Å². The Morgan fingerprint density at radius 3 is 2.79 bits per heavy atom. The van der Waals surface area contributed by atoms with Crippen LogP contribution in [0.3, 0.4) is 0 Å². The van der Waals surface area contributed by atoms with Crippen molar-refractivity contribution in [3.8, 4) is 11.6 Å². The highest BCUT2D eigenvalue weighted by molar-refractivity contribution is 7.99. The quantitative estimate of drug-likeness (QED) is 0.344. The summed E-state index contributed by atoms with van der Waals surface area (Å²) in [5.41, 5.74) is 1.56. The summed E-state index contributed by atoms with van der Waals surface area (Å²) >= 11 is 2.82. The fraction of sp³-hybridized carbons (Fsp3) is 0.478. The smallest absolute Gasteiger partial charge is 0.341 e. The molecule has 176 valence electrons. The SMILES string of the molecule is CCCn1c(SCC(=O)Nc2sc3c(c2C(=O)OC)CCCCCC3)nnc1-c1ccco1. The summed E-state index contributed by atoms with van der Waals surface area (Å²) in [7, 11) is 1.38.